The van der Waals surface area contributed by atoms with Crippen molar-refractivity contribution in [2.75, 3.05) is 18.0 Å². The predicted molar refractivity (Wildman–Crippen MR) is 105 cm³/mol. The number of unbranched alkanes of at least 4 members (excludes halogenated alkanes) is 2. The molecule has 0 aromatic carbocycles. The fraction of sp³-hybridized carbons (Fsp3) is 0.647. The van der Waals surface area contributed by atoms with Gasteiger partial charge < -0.3 is 26.0 Å². The number of likely N-dealkylation sites (N-methyl/N-ethyl adjacent to an activating group) is 1. The van der Waals surface area contributed by atoms with Crippen LogP contribution in [0.15, 0.2) is 11.5 Å². The molecule has 0 bridgehead atoms. The van der Waals surface area contributed by atoms with Crippen molar-refractivity contribution >= 4 is 34.7 Å². The third-order valence-electron chi connectivity index (χ3n) is 4.53. The van der Waals surface area contributed by atoms with Crippen LogP contribution < -0.4 is 11.1 Å². The van der Waals surface area contributed by atoms with E-state index in [0.29, 0.717) is 22.9 Å². The number of thioether (sulfide) groups is 1. The summed E-state index contributed by atoms with van der Waals surface area (Å²) in [5.41, 5.74) is 6.79. The molecule has 1 unspecified atom stereocenters. The van der Waals surface area contributed by atoms with Crippen LogP contribution in [0.5, 0.6) is 0 Å². The zero-order valence-electron chi connectivity index (χ0n) is 15.9. The van der Waals surface area contributed by atoms with E-state index in [1.807, 2.05) is 0 Å². The largest absolute Gasteiger partial charge is 0.387 e. The number of fused-ring (bicyclic) bond motifs is 1. The van der Waals surface area contributed by atoms with Gasteiger partial charge in [-0.05, 0) is 13.3 Å². The number of ether oxygens (including phenoxy) is 1. The van der Waals surface area contributed by atoms with Crippen molar-refractivity contribution in [2.24, 2.45) is 0 Å². The summed E-state index contributed by atoms with van der Waals surface area (Å²) in [6.45, 7) is 4.29. The third kappa shape index (κ3) is 4.07. The van der Waals surface area contributed by atoms with Gasteiger partial charge in [0.25, 0.3) is 5.91 Å². The van der Waals surface area contributed by atoms with Crippen molar-refractivity contribution in [3.05, 3.63) is 6.33 Å². The van der Waals surface area contributed by atoms with E-state index in [9.17, 15) is 15.0 Å². The second kappa shape index (κ2) is 9.03. The predicted octanol–water partition coefficient (Wildman–Crippen LogP) is 0.446. The van der Waals surface area contributed by atoms with Gasteiger partial charge in [0.2, 0.25) is 0 Å². The van der Waals surface area contributed by atoms with Crippen LogP contribution in [0.1, 0.15) is 39.3 Å². The van der Waals surface area contributed by atoms with E-state index in [-0.39, 0.29) is 5.82 Å². The number of nitrogens with zero attached hydrogens (tertiary/aromatic N) is 4. The summed E-state index contributed by atoms with van der Waals surface area (Å²) < 4.78 is 7.13. The maximum absolute atomic E-state index is 12.1. The molecular weight excluding hydrogens is 384 g/mol. The molecule has 154 valence electrons. The number of nitrogen functional groups attached to an aromatic ring is 1. The lowest BCUT2D eigenvalue weighted by atomic mass is 10.1. The molecule has 0 spiro atoms. The van der Waals surface area contributed by atoms with E-state index in [2.05, 4.69) is 27.2 Å². The minimum Gasteiger partial charge on any atom is -0.387 e. The number of aromatic nitrogens is 4. The summed E-state index contributed by atoms with van der Waals surface area (Å²) in [7, 11) is 0. The van der Waals surface area contributed by atoms with Gasteiger partial charge in [0.05, 0.1) is 6.33 Å². The zero-order chi connectivity index (χ0) is 20.3. The molecule has 5 N–H and O–H groups in total. The number of hydrogen-bond donors (Lipinski definition) is 4. The first-order chi connectivity index (χ1) is 13.5. The Balaban J connectivity index is 1.86. The minimum absolute atomic E-state index is 0.232. The molecule has 4 atom stereocenters. The molecule has 0 aliphatic carbocycles. The van der Waals surface area contributed by atoms with E-state index in [4.69, 9.17) is 10.5 Å². The molecular formula is C17H26N6O4S. The maximum Gasteiger partial charge on any atom is 0.252 e. The number of rotatable bonds is 8. The highest BCUT2D eigenvalue weighted by Crippen LogP contribution is 2.33. The molecule has 2 aromatic heterocycles. The average molecular weight is 411 g/mol. The molecule has 10 nitrogen and oxygen atoms in total. The number of amides is 1. The molecule has 0 radical (unpaired) electrons. The second-order valence-corrected chi connectivity index (χ2v) is 7.66. The van der Waals surface area contributed by atoms with Crippen molar-refractivity contribution in [3.8, 4) is 0 Å². The smallest absolute Gasteiger partial charge is 0.252 e. The standard InChI is InChI=1S/C17H26N6O4S/c1-3-5-6-7-28-17-21-13(18)9-14(22-17)23(8-20-9)16-11(25)10(24)12(27-16)15(26)19-4-2/h8,10-12,16,24-25H,3-7H2,1-2H3,(H,19,26)(H2,18,21,22)/t10-,11+,12-,16?/m0/s1. The quantitative estimate of drug-likeness (QED) is 0.276. The number of nitrogens with two attached hydrogens (primary N) is 1. The van der Waals surface area contributed by atoms with E-state index in [0.717, 1.165) is 25.0 Å². The van der Waals surface area contributed by atoms with Crippen molar-refractivity contribution in [1.82, 2.24) is 24.8 Å². The normalized spacial score (nSPS) is 24.7. The monoisotopic (exact) mass is 410 g/mol. The molecule has 3 rings (SSSR count). The summed E-state index contributed by atoms with van der Waals surface area (Å²) in [6.07, 6.45) is -0.156. The van der Waals surface area contributed by atoms with Crippen LogP contribution in [-0.2, 0) is 9.53 Å². The van der Waals surface area contributed by atoms with Gasteiger partial charge in [-0.25, -0.2) is 15.0 Å². The Morgan fingerprint density at radius 1 is 1.32 bits per heavy atom. The Labute approximate surface area is 166 Å². The number of anilines is 1. The molecule has 1 aliphatic heterocycles. The molecule has 1 saturated heterocycles. The highest BCUT2D eigenvalue weighted by molar-refractivity contribution is 7.99. The number of carbonyl (C=O) groups is 1. The molecule has 2 aromatic rings. The van der Waals surface area contributed by atoms with Gasteiger partial charge in [-0.1, -0.05) is 31.5 Å². The summed E-state index contributed by atoms with van der Waals surface area (Å²) in [4.78, 5) is 25.1. The number of imidazole rings is 1. The van der Waals surface area contributed by atoms with E-state index in [1.54, 1.807) is 6.92 Å². The number of hydrogen-bond acceptors (Lipinski definition) is 9. The van der Waals surface area contributed by atoms with Crippen LogP contribution >= 0.6 is 11.8 Å². The van der Waals surface area contributed by atoms with Crippen molar-refractivity contribution in [2.45, 2.75) is 62.8 Å². The molecule has 11 heteroatoms. The first-order valence-electron chi connectivity index (χ1n) is 9.40. The average Bonchev–Trinajstić information content (AvgIpc) is 3.21. The van der Waals surface area contributed by atoms with Gasteiger partial charge in [-0.15, -0.1) is 0 Å². The molecule has 1 amide bonds. The maximum atomic E-state index is 12.1. The van der Waals surface area contributed by atoms with Gasteiger partial charge >= 0.3 is 0 Å². The Bertz CT molecular complexity index is 831. The van der Waals surface area contributed by atoms with E-state index >= 15 is 0 Å². The SMILES string of the molecule is CCCCCSc1nc(N)c2ncn(C3O[C@H](C(=O)NCC)[C@@H](O)[C@H]3O)c2n1. The number of aliphatic hydroxyl groups is 2. The summed E-state index contributed by atoms with van der Waals surface area (Å²) >= 11 is 1.50. The fourth-order valence-electron chi connectivity index (χ4n) is 3.06. The molecule has 1 aliphatic rings. The Hall–Kier alpha value is -1.95. The van der Waals surface area contributed by atoms with Crippen molar-refractivity contribution in [1.29, 1.82) is 0 Å². The van der Waals surface area contributed by atoms with Gasteiger partial charge in [0.15, 0.2) is 29.0 Å². The summed E-state index contributed by atoms with van der Waals surface area (Å²) in [6, 6.07) is 0. The molecule has 3 heterocycles. The first-order valence-corrected chi connectivity index (χ1v) is 10.4. The topological polar surface area (TPSA) is 148 Å². The van der Waals surface area contributed by atoms with E-state index < -0.39 is 30.4 Å². The van der Waals surface area contributed by atoms with Crippen molar-refractivity contribution in [3.63, 3.8) is 0 Å². The van der Waals surface area contributed by atoms with Gasteiger partial charge in [0.1, 0.15) is 17.7 Å². The zero-order valence-corrected chi connectivity index (χ0v) is 16.7. The van der Waals surface area contributed by atoms with Crippen LogP contribution in [0.4, 0.5) is 5.82 Å². The Kier molecular flexibility index (Phi) is 6.70. The minimum atomic E-state index is -1.36. The lowest BCUT2D eigenvalue weighted by molar-refractivity contribution is -0.137. The number of carbonyl (C=O) groups excluding carboxylic acids is 1. The van der Waals surface area contributed by atoms with Gasteiger partial charge in [-0.3, -0.25) is 9.36 Å². The van der Waals surface area contributed by atoms with Crippen LogP contribution in [0.3, 0.4) is 0 Å². The van der Waals surface area contributed by atoms with Crippen molar-refractivity contribution < 1.29 is 19.7 Å². The third-order valence-corrected chi connectivity index (χ3v) is 5.46. The number of nitrogens with one attached hydrogen (secondary N) is 1. The highest BCUT2D eigenvalue weighted by Gasteiger charge is 2.47. The first kappa shape index (κ1) is 20.8. The summed E-state index contributed by atoms with van der Waals surface area (Å²) in [5.74, 6) is 0.616. The van der Waals surface area contributed by atoms with Crippen LogP contribution in [0.25, 0.3) is 11.2 Å². The van der Waals surface area contributed by atoms with Crippen LogP contribution in [0.2, 0.25) is 0 Å². The van der Waals surface area contributed by atoms with Gasteiger partial charge in [0, 0.05) is 12.3 Å². The van der Waals surface area contributed by atoms with Crippen LogP contribution in [-0.4, -0.2) is 66.2 Å². The highest BCUT2D eigenvalue weighted by atomic mass is 32.2. The second-order valence-electron chi connectivity index (χ2n) is 6.59. The molecule has 0 saturated carbocycles. The molecule has 1 fully saturated rings. The Morgan fingerprint density at radius 2 is 2.11 bits per heavy atom. The summed E-state index contributed by atoms with van der Waals surface area (Å²) in [5, 5.41) is 23.8. The number of aliphatic hydroxyl groups excluding tert-OH is 2. The van der Waals surface area contributed by atoms with Crippen LogP contribution in [0, 0.1) is 0 Å². The lowest BCUT2D eigenvalue weighted by Crippen LogP contribution is -2.42. The molecule has 28 heavy (non-hydrogen) atoms. The Morgan fingerprint density at radius 3 is 2.82 bits per heavy atom. The lowest BCUT2D eigenvalue weighted by Gasteiger charge is -2.16. The fourth-order valence-corrected chi connectivity index (χ4v) is 3.91. The van der Waals surface area contributed by atoms with Gasteiger partial charge in [-0.2, -0.15) is 0 Å². The van der Waals surface area contributed by atoms with E-state index in [1.165, 1.54) is 22.7 Å².